The van der Waals surface area contributed by atoms with E-state index >= 15 is 0 Å². The number of para-hydroxylation sites is 1. The summed E-state index contributed by atoms with van der Waals surface area (Å²) in [6.07, 6.45) is 0. The summed E-state index contributed by atoms with van der Waals surface area (Å²) < 4.78 is 0. The lowest BCUT2D eigenvalue weighted by Gasteiger charge is -2.45. The number of nitrogens with zero attached hydrogens (tertiary/aromatic N) is 2. The average Bonchev–Trinajstić information content (AvgIpc) is 3.32. The molecule has 0 N–H and O–H groups in total. The van der Waals surface area contributed by atoms with Crippen molar-refractivity contribution in [3.63, 3.8) is 0 Å². The predicted molar refractivity (Wildman–Crippen MR) is 259 cm³/mol. The van der Waals surface area contributed by atoms with E-state index in [0.29, 0.717) is 0 Å². The van der Waals surface area contributed by atoms with Crippen LogP contribution in [0.4, 0.5) is 34.1 Å². The van der Waals surface area contributed by atoms with E-state index < -0.39 is 0 Å². The molecule has 2 nitrogen and oxygen atoms in total. The maximum absolute atomic E-state index is 2.56. The van der Waals surface area contributed by atoms with Crippen LogP contribution in [0.25, 0.3) is 54.9 Å². The summed E-state index contributed by atoms with van der Waals surface area (Å²) >= 11 is 0. The summed E-state index contributed by atoms with van der Waals surface area (Å²) in [5, 5.41) is 4.89. The third-order valence-corrected chi connectivity index (χ3v) is 12.6. The molecular weight excluding hydrogens is 737 g/mol. The van der Waals surface area contributed by atoms with Gasteiger partial charge in [-0.15, -0.1) is 0 Å². The molecule has 0 spiro atoms. The van der Waals surface area contributed by atoms with Gasteiger partial charge < -0.3 is 9.80 Å². The molecule has 0 amide bonds. The Kier molecular flexibility index (Phi) is 8.86. The van der Waals surface area contributed by atoms with Crippen LogP contribution in [0.15, 0.2) is 231 Å². The van der Waals surface area contributed by atoms with E-state index in [0.717, 1.165) is 17.1 Å². The highest BCUT2D eigenvalue weighted by atomic mass is 15.2. The summed E-state index contributed by atoms with van der Waals surface area (Å²) in [6.45, 7) is 4.79. The van der Waals surface area contributed by atoms with Crippen LogP contribution >= 0.6 is 0 Å². The van der Waals surface area contributed by atoms with Gasteiger partial charge >= 0.3 is 0 Å². The molecule has 10 aromatic carbocycles. The van der Waals surface area contributed by atoms with Gasteiger partial charge in [-0.05, 0) is 98.1 Å². The fourth-order valence-corrected chi connectivity index (χ4v) is 9.62. The van der Waals surface area contributed by atoms with Gasteiger partial charge in [0, 0.05) is 33.3 Å². The first-order valence-corrected chi connectivity index (χ1v) is 21.2. The van der Waals surface area contributed by atoms with Gasteiger partial charge in [0.15, 0.2) is 0 Å². The molecule has 1 aliphatic rings. The second-order valence-electron chi connectivity index (χ2n) is 16.6. The second kappa shape index (κ2) is 14.9. The Labute approximate surface area is 358 Å². The van der Waals surface area contributed by atoms with Gasteiger partial charge in [0.05, 0.1) is 22.7 Å². The molecule has 0 bridgehead atoms. The molecule has 0 atom stereocenters. The van der Waals surface area contributed by atoms with Crippen LogP contribution in [-0.2, 0) is 5.41 Å². The molecule has 1 aliphatic heterocycles. The molecular formula is C59H44N2. The maximum Gasteiger partial charge on any atom is 0.0618 e. The molecule has 0 unspecified atom stereocenters. The van der Waals surface area contributed by atoms with Crippen molar-refractivity contribution in [2.75, 3.05) is 9.80 Å². The molecule has 0 aromatic heterocycles. The Hall–Kier alpha value is -7.68. The van der Waals surface area contributed by atoms with Crippen LogP contribution in [0.1, 0.15) is 25.0 Å². The summed E-state index contributed by atoms with van der Waals surface area (Å²) in [7, 11) is 0. The first-order chi connectivity index (χ1) is 30.0. The van der Waals surface area contributed by atoms with E-state index in [4.69, 9.17) is 0 Å². The quantitative estimate of drug-likeness (QED) is 0.159. The van der Waals surface area contributed by atoms with Crippen molar-refractivity contribution < 1.29 is 0 Å². The van der Waals surface area contributed by atoms with Crippen LogP contribution in [0.3, 0.4) is 0 Å². The summed E-state index contributed by atoms with van der Waals surface area (Å²) in [4.78, 5) is 5.02. The van der Waals surface area contributed by atoms with Crippen LogP contribution in [-0.4, -0.2) is 0 Å². The SMILES string of the molecule is CC1(C)c2ccccc2N(c2c(-c3ccc4ccccc4c3)ccc3ccccc23)c2cccc(N(c3ccc(-c4ccccc4)cc3)c3ccc(-c4ccccc4)cc3)c21. The van der Waals surface area contributed by atoms with Gasteiger partial charge in [0.2, 0.25) is 0 Å². The van der Waals surface area contributed by atoms with Gasteiger partial charge in [-0.1, -0.05) is 196 Å². The van der Waals surface area contributed by atoms with E-state index in [-0.39, 0.29) is 5.41 Å². The topological polar surface area (TPSA) is 6.48 Å². The Balaban J connectivity index is 1.16. The predicted octanol–water partition coefficient (Wildman–Crippen LogP) is 16.6. The van der Waals surface area contributed by atoms with Gasteiger partial charge in [0.25, 0.3) is 0 Å². The smallest absolute Gasteiger partial charge is 0.0618 e. The van der Waals surface area contributed by atoms with Crippen LogP contribution < -0.4 is 9.80 Å². The molecule has 0 fully saturated rings. The molecule has 61 heavy (non-hydrogen) atoms. The normalized spacial score (nSPS) is 12.9. The largest absolute Gasteiger partial charge is 0.310 e. The van der Waals surface area contributed by atoms with Crippen molar-refractivity contribution in [3.8, 4) is 33.4 Å². The molecule has 0 saturated heterocycles. The summed E-state index contributed by atoms with van der Waals surface area (Å²) in [5.74, 6) is 0. The van der Waals surface area contributed by atoms with Crippen LogP contribution in [0.2, 0.25) is 0 Å². The Morgan fingerprint density at radius 1 is 0.377 bits per heavy atom. The average molecular weight is 781 g/mol. The molecule has 0 aliphatic carbocycles. The molecule has 1 heterocycles. The van der Waals surface area contributed by atoms with E-state index in [9.17, 15) is 0 Å². The molecule has 2 heteroatoms. The van der Waals surface area contributed by atoms with E-state index in [1.165, 1.54) is 83.1 Å². The second-order valence-corrected chi connectivity index (χ2v) is 16.6. The zero-order chi connectivity index (χ0) is 40.9. The van der Waals surface area contributed by atoms with Crippen molar-refractivity contribution >= 4 is 55.7 Å². The van der Waals surface area contributed by atoms with Gasteiger partial charge in [-0.2, -0.15) is 0 Å². The molecule has 0 saturated carbocycles. The Morgan fingerprint density at radius 2 is 0.885 bits per heavy atom. The van der Waals surface area contributed by atoms with E-state index in [2.05, 4.69) is 254 Å². The van der Waals surface area contributed by atoms with Crippen LogP contribution in [0.5, 0.6) is 0 Å². The standard InChI is InChI=1S/C59H44N2/c1-59(2)53-24-13-14-25-54(53)61(58-51-23-12-11-21-46(51)34-39-52(58)48-29-28-43-20-9-10-22-47(43)40-48)56-27-15-26-55(57(56)59)60(49-35-30-44(31-36-49)41-16-5-3-6-17-41)50-37-32-45(33-38-50)42-18-7-4-8-19-42/h3-40H,1-2H3. The van der Waals surface area contributed by atoms with Crippen molar-refractivity contribution in [2.24, 2.45) is 0 Å². The fourth-order valence-electron chi connectivity index (χ4n) is 9.62. The number of rotatable bonds is 7. The number of hydrogen-bond acceptors (Lipinski definition) is 2. The maximum atomic E-state index is 2.56. The Bertz CT molecular complexity index is 3120. The minimum atomic E-state index is -0.362. The first kappa shape index (κ1) is 36.4. The summed E-state index contributed by atoms with van der Waals surface area (Å²) in [6, 6.07) is 84.3. The number of benzene rings is 10. The highest BCUT2D eigenvalue weighted by molar-refractivity contribution is 6.09. The van der Waals surface area contributed by atoms with Crippen molar-refractivity contribution in [1.82, 2.24) is 0 Å². The van der Waals surface area contributed by atoms with Crippen LogP contribution in [0, 0.1) is 0 Å². The fraction of sp³-hybridized carbons (Fsp3) is 0.0508. The number of anilines is 6. The third kappa shape index (κ3) is 6.27. The summed E-state index contributed by atoms with van der Waals surface area (Å²) in [5.41, 5.74) is 16.3. The van der Waals surface area contributed by atoms with Gasteiger partial charge in [0.1, 0.15) is 0 Å². The highest BCUT2D eigenvalue weighted by Crippen LogP contribution is 2.58. The monoisotopic (exact) mass is 780 g/mol. The lowest BCUT2D eigenvalue weighted by atomic mass is 9.72. The Morgan fingerprint density at radius 3 is 1.56 bits per heavy atom. The van der Waals surface area contributed by atoms with Gasteiger partial charge in [-0.3, -0.25) is 0 Å². The number of hydrogen-bond donors (Lipinski definition) is 0. The molecule has 0 radical (unpaired) electrons. The van der Waals surface area contributed by atoms with Crippen molar-refractivity contribution in [2.45, 2.75) is 19.3 Å². The highest BCUT2D eigenvalue weighted by Gasteiger charge is 2.41. The molecule has 290 valence electrons. The zero-order valence-electron chi connectivity index (χ0n) is 34.3. The lowest BCUT2D eigenvalue weighted by Crippen LogP contribution is -2.32. The third-order valence-electron chi connectivity index (χ3n) is 12.6. The van der Waals surface area contributed by atoms with E-state index in [1.807, 2.05) is 0 Å². The zero-order valence-corrected chi connectivity index (χ0v) is 34.3. The lowest BCUT2D eigenvalue weighted by molar-refractivity contribution is 0.632. The number of fused-ring (bicyclic) bond motifs is 4. The first-order valence-electron chi connectivity index (χ1n) is 21.2. The molecule has 11 rings (SSSR count). The van der Waals surface area contributed by atoms with Crippen molar-refractivity contribution in [1.29, 1.82) is 0 Å². The minimum absolute atomic E-state index is 0.362. The minimum Gasteiger partial charge on any atom is -0.310 e. The van der Waals surface area contributed by atoms with Crippen molar-refractivity contribution in [3.05, 3.63) is 242 Å². The van der Waals surface area contributed by atoms with E-state index in [1.54, 1.807) is 0 Å². The molecule has 10 aromatic rings. The van der Waals surface area contributed by atoms with Gasteiger partial charge in [-0.25, -0.2) is 0 Å².